The number of carbonyl (C=O) groups is 1. The van der Waals surface area contributed by atoms with Gasteiger partial charge in [0.15, 0.2) is 0 Å². The monoisotopic (exact) mass is 387 g/mol. The summed E-state index contributed by atoms with van der Waals surface area (Å²) in [4.78, 5) is 47.7. The van der Waals surface area contributed by atoms with Crippen molar-refractivity contribution in [1.82, 2.24) is 9.13 Å². The van der Waals surface area contributed by atoms with Crippen LogP contribution in [0, 0.1) is 41.5 Å². The molecule has 0 saturated carbocycles. The molecule has 0 aromatic carbocycles. The minimum Gasteiger partial charge on any atom is -0.477 e. The van der Waals surface area contributed by atoms with Gasteiger partial charge in [0.25, 0.3) is 11.1 Å². The van der Waals surface area contributed by atoms with Crippen molar-refractivity contribution in [3.63, 3.8) is 0 Å². The fraction of sp³-hybridized carbons (Fsp3) is 0.400. The molecule has 0 bridgehead atoms. The number of nitrogens with zero attached hydrogens (tertiary/aromatic N) is 3. The maximum Gasteiger partial charge on any atom is 0.341 e. The Kier molecular flexibility index (Phi) is 7.02. The topological polar surface area (TPSA) is 111 Å². The summed E-state index contributed by atoms with van der Waals surface area (Å²) in [6, 6.07) is 0. The molecular formula is C20H25N3O5. The van der Waals surface area contributed by atoms with Gasteiger partial charge in [0.2, 0.25) is 6.08 Å². The molecule has 0 aliphatic rings. The molecule has 2 heterocycles. The zero-order valence-corrected chi connectivity index (χ0v) is 17.4. The molecule has 8 heteroatoms. The van der Waals surface area contributed by atoms with E-state index in [4.69, 9.17) is 5.11 Å². The van der Waals surface area contributed by atoms with Gasteiger partial charge >= 0.3 is 5.97 Å². The van der Waals surface area contributed by atoms with E-state index in [2.05, 4.69) is 4.99 Å². The first kappa shape index (κ1) is 22.8. The zero-order chi connectivity index (χ0) is 21.9. The maximum atomic E-state index is 11.6. The Bertz CT molecular complexity index is 1040. The van der Waals surface area contributed by atoms with Crippen LogP contribution in [0.15, 0.2) is 14.6 Å². The fourth-order valence-corrected chi connectivity index (χ4v) is 2.79. The lowest BCUT2D eigenvalue weighted by Gasteiger charge is -2.12. The molecule has 8 nitrogen and oxygen atoms in total. The van der Waals surface area contributed by atoms with E-state index in [1.54, 1.807) is 34.9 Å². The van der Waals surface area contributed by atoms with Gasteiger partial charge < -0.3 is 14.2 Å². The van der Waals surface area contributed by atoms with Crippen LogP contribution in [0.1, 0.15) is 44.0 Å². The second-order valence-electron chi connectivity index (χ2n) is 6.63. The summed E-state index contributed by atoms with van der Waals surface area (Å²) in [7, 11) is 3.24. The van der Waals surface area contributed by atoms with Gasteiger partial charge in [-0.25, -0.2) is 9.59 Å². The second kappa shape index (κ2) is 8.63. The van der Waals surface area contributed by atoms with E-state index in [1.807, 2.05) is 20.8 Å². The Labute approximate surface area is 162 Å². The van der Waals surface area contributed by atoms with Crippen molar-refractivity contribution in [2.75, 3.05) is 0 Å². The Hall–Kier alpha value is -3.25. The fourth-order valence-electron chi connectivity index (χ4n) is 2.79. The van der Waals surface area contributed by atoms with Crippen molar-refractivity contribution in [2.45, 2.75) is 41.5 Å². The summed E-state index contributed by atoms with van der Waals surface area (Å²) in [6.07, 6.45) is 1.40. The predicted molar refractivity (Wildman–Crippen MR) is 107 cm³/mol. The van der Waals surface area contributed by atoms with Gasteiger partial charge in [-0.1, -0.05) is 0 Å². The van der Waals surface area contributed by atoms with E-state index in [9.17, 15) is 19.2 Å². The maximum absolute atomic E-state index is 11.6. The molecule has 2 aromatic heterocycles. The molecule has 1 N–H and O–H groups in total. The number of hydrogen-bond donors (Lipinski definition) is 1. The van der Waals surface area contributed by atoms with Crippen molar-refractivity contribution in [2.24, 2.45) is 19.1 Å². The molecular weight excluding hydrogens is 362 g/mol. The molecule has 0 radical (unpaired) electrons. The lowest BCUT2D eigenvalue weighted by atomic mass is 10.0. The summed E-state index contributed by atoms with van der Waals surface area (Å²) in [5.74, 6) is -1.16. The number of carboxylic acids is 1. The third-order valence-corrected chi connectivity index (χ3v) is 5.34. The quantitative estimate of drug-likeness (QED) is 0.628. The molecule has 0 saturated heterocycles. The highest BCUT2D eigenvalue weighted by Crippen LogP contribution is 2.18. The van der Waals surface area contributed by atoms with E-state index >= 15 is 0 Å². The van der Waals surface area contributed by atoms with Gasteiger partial charge in [-0.2, -0.15) is 4.99 Å². The van der Waals surface area contributed by atoms with E-state index < -0.39 is 11.5 Å². The van der Waals surface area contributed by atoms with E-state index in [-0.39, 0.29) is 16.8 Å². The Balaban J connectivity index is 0.000000280. The van der Waals surface area contributed by atoms with Crippen LogP contribution >= 0.6 is 0 Å². The Morgan fingerprint density at radius 3 is 1.68 bits per heavy atom. The number of aromatic carboxylic acids is 1. The molecule has 0 amide bonds. The van der Waals surface area contributed by atoms with Crippen molar-refractivity contribution < 1.29 is 14.7 Å². The van der Waals surface area contributed by atoms with Crippen molar-refractivity contribution in [3.05, 3.63) is 59.9 Å². The SMILES string of the molecule is Cc1c(C)c(C)n(C)c(=O)c1C(=O)O.Cc1c(C)c(C)n(C)c(=O)c1N=C=O. The van der Waals surface area contributed by atoms with Gasteiger partial charge in [0.1, 0.15) is 11.3 Å². The van der Waals surface area contributed by atoms with Gasteiger partial charge in [-0.3, -0.25) is 9.59 Å². The Morgan fingerprint density at radius 1 is 0.821 bits per heavy atom. The average Bonchev–Trinajstić information content (AvgIpc) is 2.65. The standard InChI is InChI=1S/C10H12N2O2.C10H13NO3/c1-6-7(2)9(11-5-13)10(14)12(4)8(6)3;1-5-6(2)8(10(13)14)9(12)11(4)7(5)3/h1-4H3;1-4H3,(H,13,14). The Morgan fingerprint density at radius 2 is 1.25 bits per heavy atom. The number of hydrogen-bond acceptors (Lipinski definition) is 5. The van der Waals surface area contributed by atoms with Gasteiger partial charge in [0.05, 0.1) is 0 Å². The van der Waals surface area contributed by atoms with Crippen LogP contribution in [0.2, 0.25) is 0 Å². The number of isocyanates is 1. The second-order valence-corrected chi connectivity index (χ2v) is 6.63. The molecule has 0 spiro atoms. The van der Waals surface area contributed by atoms with Crippen LogP contribution in [0.3, 0.4) is 0 Å². The summed E-state index contributed by atoms with van der Waals surface area (Å²) in [6.45, 7) is 10.8. The third-order valence-electron chi connectivity index (χ3n) is 5.34. The minimum atomic E-state index is -1.16. The van der Waals surface area contributed by atoms with Gasteiger partial charge in [-0.15, -0.1) is 0 Å². The lowest BCUT2D eigenvalue weighted by Crippen LogP contribution is -2.28. The highest BCUT2D eigenvalue weighted by Gasteiger charge is 2.17. The molecule has 0 fully saturated rings. The molecule has 0 atom stereocenters. The normalized spacial score (nSPS) is 10.0. The smallest absolute Gasteiger partial charge is 0.341 e. The lowest BCUT2D eigenvalue weighted by molar-refractivity contribution is 0.0693. The molecule has 28 heavy (non-hydrogen) atoms. The average molecular weight is 387 g/mol. The van der Waals surface area contributed by atoms with Crippen molar-refractivity contribution >= 4 is 17.7 Å². The van der Waals surface area contributed by atoms with Gasteiger partial charge in [0, 0.05) is 25.5 Å². The van der Waals surface area contributed by atoms with Crippen LogP contribution in [0.4, 0.5) is 5.69 Å². The van der Waals surface area contributed by atoms with E-state index in [1.165, 1.54) is 15.2 Å². The molecule has 0 unspecified atom stereocenters. The van der Waals surface area contributed by atoms with Crippen molar-refractivity contribution in [1.29, 1.82) is 0 Å². The predicted octanol–water partition coefficient (Wildman–Crippen LogP) is 2.29. The first-order valence-corrected chi connectivity index (χ1v) is 8.53. The summed E-state index contributed by atoms with van der Waals surface area (Å²) in [5.41, 5.74) is 4.17. The van der Waals surface area contributed by atoms with Crippen LogP contribution in [0.5, 0.6) is 0 Å². The number of pyridine rings is 2. The van der Waals surface area contributed by atoms with Crippen LogP contribution in [-0.2, 0) is 18.9 Å². The highest BCUT2D eigenvalue weighted by molar-refractivity contribution is 5.89. The summed E-state index contributed by atoms with van der Waals surface area (Å²) < 4.78 is 2.85. The third kappa shape index (κ3) is 4.02. The minimum absolute atomic E-state index is 0.129. The molecule has 150 valence electrons. The van der Waals surface area contributed by atoms with E-state index in [0.717, 1.165) is 28.1 Å². The first-order valence-electron chi connectivity index (χ1n) is 8.53. The van der Waals surface area contributed by atoms with E-state index in [0.29, 0.717) is 5.56 Å². The number of carboxylic acid groups (broad SMARTS) is 1. The van der Waals surface area contributed by atoms with Crippen LogP contribution in [0.25, 0.3) is 0 Å². The first-order chi connectivity index (χ1) is 12.9. The van der Waals surface area contributed by atoms with Gasteiger partial charge in [-0.05, 0) is 63.8 Å². The molecule has 0 aliphatic carbocycles. The zero-order valence-electron chi connectivity index (χ0n) is 17.4. The molecule has 0 aliphatic heterocycles. The van der Waals surface area contributed by atoms with Crippen molar-refractivity contribution in [3.8, 4) is 0 Å². The molecule has 2 rings (SSSR count). The van der Waals surface area contributed by atoms with Crippen LogP contribution in [-0.4, -0.2) is 26.3 Å². The largest absolute Gasteiger partial charge is 0.477 e. The van der Waals surface area contributed by atoms with Crippen LogP contribution < -0.4 is 11.1 Å². The number of carbonyl (C=O) groups excluding carboxylic acids is 1. The number of aliphatic imine (C=N–C) groups is 1. The highest BCUT2D eigenvalue weighted by atomic mass is 16.4. The number of aromatic nitrogens is 2. The molecule has 2 aromatic rings. The number of rotatable bonds is 2. The summed E-state index contributed by atoms with van der Waals surface area (Å²) in [5, 5.41) is 8.87. The summed E-state index contributed by atoms with van der Waals surface area (Å²) >= 11 is 0.